The Morgan fingerprint density at radius 3 is 2.88 bits per heavy atom. The van der Waals surface area contributed by atoms with Crippen LogP contribution in [-0.4, -0.2) is 24.2 Å². The van der Waals surface area contributed by atoms with Gasteiger partial charge in [-0.2, -0.15) is 9.37 Å². The molecular formula is C10H11F3N2O. The number of ether oxygens (including phenoxy) is 1. The fraction of sp³-hybridized carbons (Fsp3) is 0.500. The van der Waals surface area contributed by atoms with Crippen LogP contribution in [0.1, 0.15) is 12.8 Å². The molecule has 0 spiro atoms. The lowest BCUT2D eigenvalue weighted by Crippen LogP contribution is -2.20. The third kappa shape index (κ3) is 2.44. The molecule has 1 aliphatic rings. The Morgan fingerprint density at radius 1 is 1.38 bits per heavy atom. The number of aromatic nitrogens is 1. The summed E-state index contributed by atoms with van der Waals surface area (Å²) in [7, 11) is 0. The van der Waals surface area contributed by atoms with E-state index in [4.69, 9.17) is 4.74 Å². The first-order valence-corrected chi connectivity index (χ1v) is 5.04. The number of nitrogens with one attached hydrogen (secondary N) is 1. The van der Waals surface area contributed by atoms with Gasteiger partial charge in [-0.15, -0.1) is 0 Å². The smallest absolute Gasteiger partial charge is 0.251 e. The van der Waals surface area contributed by atoms with Gasteiger partial charge >= 0.3 is 0 Å². The molecule has 3 nitrogen and oxygen atoms in total. The third-order valence-electron chi connectivity index (χ3n) is 2.41. The fourth-order valence-corrected chi connectivity index (χ4v) is 1.58. The van der Waals surface area contributed by atoms with Crippen molar-refractivity contribution in [3.8, 4) is 0 Å². The standard InChI is InChI=1S/C10H11F3N2O/c11-7-4-8(12)10(15-9(7)13)14-5-6-2-1-3-16-6/h4,6H,1-3,5H2,(H,14,15). The fourth-order valence-electron chi connectivity index (χ4n) is 1.58. The van der Waals surface area contributed by atoms with Crippen LogP contribution in [0.3, 0.4) is 0 Å². The molecule has 16 heavy (non-hydrogen) atoms. The predicted octanol–water partition coefficient (Wildman–Crippen LogP) is 2.09. The monoisotopic (exact) mass is 232 g/mol. The Hall–Kier alpha value is -1.30. The molecule has 6 heteroatoms. The van der Waals surface area contributed by atoms with Crippen LogP contribution in [0.4, 0.5) is 19.0 Å². The van der Waals surface area contributed by atoms with Crippen LogP contribution in [0.15, 0.2) is 6.07 Å². The molecule has 0 saturated carbocycles. The number of hydrogen-bond acceptors (Lipinski definition) is 3. The highest BCUT2D eigenvalue weighted by atomic mass is 19.2. The SMILES string of the molecule is Fc1cc(F)c(NCC2CCCO2)nc1F. The van der Waals surface area contributed by atoms with Gasteiger partial charge < -0.3 is 10.1 Å². The van der Waals surface area contributed by atoms with Crippen LogP contribution in [0, 0.1) is 17.6 Å². The van der Waals surface area contributed by atoms with E-state index in [1.807, 2.05) is 0 Å². The maximum absolute atomic E-state index is 13.1. The molecule has 1 saturated heterocycles. The van der Waals surface area contributed by atoms with E-state index in [2.05, 4.69) is 10.3 Å². The highest BCUT2D eigenvalue weighted by molar-refractivity contribution is 5.36. The van der Waals surface area contributed by atoms with Gasteiger partial charge in [0.25, 0.3) is 5.95 Å². The quantitative estimate of drug-likeness (QED) is 0.810. The van der Waals surface area contributed by atoms with E-state index in [0.29, 0.717) is 19.2 Å². The summed E-state index contributed by atoms with van der Waals surface area (Å²) in [5.41, 5.74) is 0. The molecule has 0 amide bonds. The van der Waals surface area contributed by atoms with Crippen LogP contribution in [0.25, 0.3) is 0 Å². The van der Waals surface area contributed by atoms with Gasteiger partial charge in [0.1, 0.15) is 0 Å². The second-order valence-corrected chi connectivity index (χ2v) is 3.61. The zero-order valence-corrected chi connectivity index (χ0v) is 8.47. The van der Waals surface area contributed by atoms with Crippen molar-refractivity contribution in [2.75, 3.05) is 18.5 Å². The highest BCUT2D eigenvalue weighted by Crippen LogP contribution is 2.16. The lowest BCUT2D eigenvalue weighted by atomic mass is 10.2. The van der Waals surface area contributed by atoms with E-state index in [1.165, 1.54) is 0 Å². The molecule has 2 heterocycles. The lowest BCUT2D eigenvalue weighted by molar-refractivity contribution is 0.120. The predicted molar refractivity (Wildman–Crippen MR) is 51.6 cm³/mol. The first-order valence-electron chi connectivity index (χ1n) is 5.04. The Labute approximate surface area is 90.6 Å². The van der Waals surface area contributed by atoms with Gasteiger partial charge in [-0.05, 0) is 12.8 Å². The van der Waals surface area contributed by atoms with E-state index in [0.717, 1.165) is 12.8 Å². The first-order chi connectivity index (χ1) is 7.66. The molecule has 88 valence electrons. The first kappa shape index (κ1) is 11.2. The molecule has 1 aromatic heterocycles. The minimum absolute atomic E-state index is 0.0192. The molecule has 1 unspecified atom stereocenters. The number of rotatable bonds is 3. The van der Waals surface area contributed by atoms with Gasteiger partial charge in [0.15, 0.2) is 17.5 Å². The zero-order valence-electron chi connectivity index (χ0n) is 8.47. The molecule has 1 aromatic rings. The van der Waals surface area contributed by atoms with Crippen LogP contribution < -0.4 is 5.32 Å². The van der Waals surface area contributed by atoms with Crippen molar-refractivity contribution in [3.63, 3.8) is 0 Å². The van der Waals surface area contributed by atoms with Crippen molar-refractivity contribution >= 4 is 5.82 Å². The van der Waals surface area contributed by atoms with Gasteiger partial charge in [-0.25, -0.2) is 8.78 Å². The summed E-state index contributed by atoms with van der Waals surface area (Å²) in [5.74, 6) is -3.79. The number of anilines is 1. The molecule has 2 rings (SSSR count). The summed E-state index contributed by atoms with van der Waals surface area (Å²) < 4.78 is 43.7. The van der Waals surface area contributed by atoms with Gasteiger partial charge in [0, 0.05) is 19.2 Å². The molecule has 1 atom stereocenters. The molecule has 1 fully saturated rings. The molecule has 0 aromatic carbocycles. The number of hydrogen-bond donors (Lipinski definition) is 1. The van der Waals surface area contributed by atoms with Gasteiger partial charge in [0.05, 0.1) is 6.10 Å². The molecule has 0 bridgehead atoms. The summed E-state index contributed by atoms with van der Waals surface area (Å²) in [6, 6.07) is 0.472. The molecule has 0 aliphatic carbocycles. The van der Waals surface area contributed by atoms with Crippen molar-refractivity contribution in [2.24, 2.45) is 0 Å². The van der Waals surface area contributed by atoms with Crippen molar-refractivity contribution < 1.29 is 17.9 Å². The topological polar surface area (TPSA) is 34.1 Å². The second-order valence-electron chi connectivity index (χ2n) is 3.61. The minimum Gasteiger partial charge on any atom is -0.376 e. The average molecular weight is 232 g/mol. The number of nitrogens with zero attached hydrogens (tertiary/aromatic N) is 1. The van der Waals surface area contributed by atoms with Gasteiger partial charge in [-0.1, -0.05) is 0 Å². The van der Waals surface area contributed by atoms with Crippen LogP contribution in [0.5, 0.6) is 0 Å². The van der Waals surface area contributed by atoms with E-state index in [1.54, 1.807) is 0 Å². The summed E-state index contributed by atoms with van der Waals surface area (Å²) in [6.45, 7) is 1.02. The number of halogens is 3. The summed E-state index contributed by atoms with van der Waals surface area (Å²) in [4.78, 5) is 3.15. The maximum Gasteiger partial charge on any atom is 0.251 e. The minimum atomic E-state index is -1.31. The van der Waals surface area contributed by atoms with Gasteiger partial charge in [-0.3, -0.25) is 0 Å². The molecule has 1 N–H and O–H groups in total. The Morgan fingerprint density at radius 2 is 2.19 bits per heavy atom. The van der Waals surface area contributed by atoms with Crippen molar-refractivity contribution in [1.82, 2.24) is 4.98 Å². The normalized spacial score (nSPS) is 20.1. The average Bonchev–Trinajstić information content (AvgIpc) is 2.74. The van der Waals surface area contributed by atoms with E-state index in [-0.39, 0.29) is 11.9 Å². The van der Waals surface area contributed by atoms with Crippen LogP contribution in [0.2, 0.25) is 0 Å². The maximum atomic E-state index is 13.1. The summed E-state index contributed by atoms with van der Waals surface area (Å²) in [5, 5.41) is 2.61. The molecular weight excluding hydrogens is 221 g/mol. The Bertz CT molecular complexity index is 381. The van der Waals surface area contributed by atoms with E-state index >= 15 is 0 Å². The van der Waals surface area contributed by atoms with Crippen molar-refractivity contribution in [3.05, 3.63) is 23.6 Å². The van der Waals surface area contributed by atoms with Gasteiger partial charge in [0.2, 0.25) is 0 Å². The van der Waals surface area contributed by atoms with Crippen molar-refractivity contribution in [1.29, 1.82) is 0 Å². The Balaban J connectivity index is 2.00. The summed E-state index contributed by atoms with van der Waals surface area (Å²) in [6.07, 6.45) is 1.81. The van der Waals surface area contributed by atoms with Crippen LogP contribution >= 0.6 is 0 Å². The molecule has 1 aliphatic heterocycles. The second kappa shape index (κ2) is 4.69. The molecule has 0 radical (unpaired) electrons. The lowest BCUT2D eigenvalue weighted by Gasteiger charge is -2.11. The van der Waals surface area contributed by atoms with Crippen molar-refractivity contribution in [2.45, 2.75) is 18.9 Å². The van der Waals surface area contributed by atoms with Crippen LogP contribution in [-0.2, 0) is 4.74 Å². The third-order valence-corrected chi connectivity index (χ3v) is 2.41. The van der Waals surface area contributed by atoms with E-state index < -0.39 is 17.6 Å². The van der Waals surface area contributed by atoms with E-state index in [9.17, 15) is 13.2 Å². The summed E-state index contributed by atoms with van der Waals surface area (Å²) >= 11 is 0. The number of pyridine rings is 1. The Kier molecular flexibility index (Phi) is 3.28. The largest absolute Gasteiger partial charge is 0.376 e. The highest BCUT2D eigenvalue weighted by Gasteiger charge is 2.17. The zero-order chi connectivity index (χ0) is 11.5.